The Hall–Kier alpha value is -2.36. The zero-order valence-electron chi connectivity index (χ0n) is 17.7. The van der Waals surface area contributed by atoms with Crippen molar-refractivity contribution in [2.75, 3.05) is 13.2 Å². The third-order valence-corrected chi connectivity index (χ3v) is 7.97. The van der Waals surface area contributed by atoms with Gasteiger partial charge in [-0.3, -0.25) is 4.79 Å². The maximum atomic E-state index is 13.6. The number of ether oxygens (including phenoxy) is 1. The Morgan fingerprint density at radius 3 is 2.55 bits per heavy atom. The van der Waals surface area contributed by atoms with E-state index in [0.717, 1.165) is 5.52 Å². The summed E-state index contributed by atoms with van der Waals surface area (Å²) in [4.78, 5) is 17.6. The summed E-state index contributed by atoms with van der Waals surface area (Å²) in [5.74, 6) is -0.711. The molecule has 2 aromatic carbocycles. The first-order valence-corrected chi connectivity index (χ1v) is 12.4. The lowest BCUT2D eigenvalue weighted by atomic mass is 10.1. The molecule has 0 bridgehead atoms. The van der Waals surface area contributed by atoms with Gasteiger partial charge < -0.3 is 9.30 Å². The number of benzene rings is 2. The molecule has 3 rings (SSSR count). The van der Waals surface area contributed by atoms with Gasteiger partial charge in [-0.1, -0.05) is 23.5 Å². The first-order valence-electron chi connectivity index (χ1n) is 9.99. The third kappa shape index (κ3) is 5.47. The maximum Gasteiger partial charge on any atom is 0.252 e. The number of rotatable bonds is 8. The predicted molar refractivity (Wildman–Crippen MR) is 119 cm³/mol. The second-order valence-corrected chi connectivity index (χ2v) is 10.8. The number of thiazole rings is 1. The van der Waals surface area contributed by atoms with Crippen LogP contribution in [-0.4, -0.2) is 37.4 Å². The van der Waals surface area contributed by atoms with E-state index in [2.05, 4.69) is 4.99 Å². The Labute approximate surface area is 184 Å². The van der Waals surface area contributed by atoms with Gasteiger partial charge in [0.15, 0.2) is 14.6 Å². The summed E-state index contributed by atoms with van der Waals surface area (Å²) in [5, 5.41) is -0.514. The van der Waals surface area contributed by atoms with Gasteiger partial charge in [-0.05, 0) is 56.7 Å². The summed E-state index contributed by atoms with van der Waals surface area (Å²) >= 11 is 1.24. The highest BCUT2D eigenvalue weighted by Gasteiger charge is 2.19. The first-order chi connectivity index (χ1) is 14.7. The second-order valence-electron chi connectivity index (χ2n) is 7.27. The van der Waals surface area contributed by atoms with E-state index >= 15 is 0 Å². The van der Waals surface area contributed by atoms with Crippen molar-refractivity contribution >= 4 is 37.3 Å². The standard InChI is InChI=1S/C22H25FN2O4S2/c1-4-29-12-11-25-19-10-7-17(23)14-20(19)30-22(25)24-21(26)13-16-5-8-18(9-6-16)31(27,28)15(2)3/h5-10,14-15H,4,11-13H2,1-3H3. The predicted octanol–water partition coefficient (Wildman–Crippen LogP) is 3.73. The number of halogens is 1. The van der Waals surface area contributed by atoms with E-state index in [0.29, 0.717) is 34.8 Å². The highest BCUT2D eigenvalue weighted by Crippen LogP contribution is 2.19. The van der Waals surface area contributed by atoms with Crippen molar-refractivity contribution in [1.29, 1.82) is 0 Å². The van der Waals surface area contributed by atoms with Gasteiger partial charge in [0.2, 0.25) is 0 Å². The van der Waals surface area contributed by atoms with Crippen molar-refractivity contribution in [2.24, 2.45) is 4.99 Å². The normalized spacial score (nSPS) is 12.7. The molecule has 0 radical (unpaired) electrons. The minimum atomic E-state index is -3.36. The van der Waals surface area contributed by atoms with Gasteiger partial charge >= 0.3 is 0 Å². The van der Waals surface area contributed by atoms with Crippen LogP contribution in [0.2, 0.25) is 0 Å². The SMILES string of the molecule is CCOCCn1c(=NC(=O)Cc2ccc(S(=O)(=O)C(C)C)cc2)sc2cc(F)ccc21. The van der Waals surface area contributed by atoms with Crippen molar-refractivity contribution in [3.63, 3.8) is 0 Å². The summed E-state index contributed by atoms with van der Waals surface area (Å²) < 4.78 is 46.1. The Balaban J connectivity index is 1.87. The topological polar surface area (TPSA) is 77.7 Å². The summed E-state index contributed by atoms with van der Waals surface area (Å²) in [6.07, 6.45) is 0.0378. The number of hydrogen-bond donors (Lipinski definition) is 0. The quantitative estimate of drug-likeness (QED) is 0.476. The van der Waals surface area contributed by atoms with Gasteiger partial charge in [-0.25, -0.2) is 12.8 Å². The molecule has 1 heterocycles. The van der Waals surface area contributed by atoms with Gasteiger partial charge in [-0.2, -0.15) is 4.99 Å². The molecule has 6 nitrogen and oxygen atoms in total. The van der Waals surface area contributed by atoms with Crippen LogP contribution in [0.25, 0.3) is 10.2 Å². The van der Waals surface area contributed by atoms with Crippen LogP contribution < -0.4 is 4.80 Å². The third-order valence-electron chi connectivity index (χ3n) is 4.76. The Morgan fingerprint density at radius 2 is 1.90 bits per heavy atom. The zero-order chi connectivity index (χ0) is 22.6. The van der Waals surface area contributed by atoms with Crippen LogP contribution in [0.15, 0.2) is 52.4 Å². The van der Waals surface area contributed by atoms with E-state index in [1.165, 1.54) is 35.6 Å². The van der Waals surface area contributed by atoms with E-state index in [1.54, 1.807) is 32.0 Å². The van der Waals surface area contributed by atoms with Crippen LogP contribution in [0.4, 0.5) is 4.39 Å². The monoisotopic (exact) mass is 464 g/mol. The number of fused-ring (bicyclic) bond motifs is 1. The molecule has 0 aliphatic carbocycles. The molecule has 0 aliphatic rings. The van der Waals surface area contributed by atoms with Crippen LogP contribution >= 0.6 is 11.3 Å². The van der Waals surface area contributed by atoms with Crippen molar-refractivity contribution < 1.29 is 22.3 Å². The van der Waals surface area contributed by atoms with Gasteiger partial charge in [0, 0.05) is 13.2 Å². The smallest absolute Gasteiger partial charge is 0.252 e. The van der Waals surface area contributed by atoms with Crippen molar-refractivity contribution in [3.8, 4) is 0 Å². The minimum absolute atomic E-state index is 0.0378. The molecular formula is C22H25FN2O4S2. The Morgan fingerprint density at radius 1 is 1.19 bits per heavy atom. The molecule has 0 aliphatic heterocycles. The van der Waals surface area contributed by atoms with Crippen LogP contribution in [0, 0.1) is 5.82 Å². The summed E-state index contributed by atoms with van der Waals surface area (Å²) in [7, 11) is -3.36. The molecule has 1 aromatic heterocycles. The van der Waals surface area contributed by atoms with Gasteiger partial charge in [-0.15, -0.1) is 0 Å². The number of aromatic nitrogens is 1. The van der Waals surface area contributed by atoms with Crippen molar-refractivity contribution in [3.05, 3.63) is 58.6 Å². The Kier molecular flexibility index (Phi) is 7.40. The van der Waals surface area contributed by atoms with E-state index in [1.807, 2.05) is 11.5 Å². The molecule has 1 amide bonds. The molecule has 31 heavy (non-hydrogen) atoms. The zero-order valence-corrected chi connectivity index (χ0v) is 19.3. The fourth-order valence-corrected chi connectivity index (χ4v) is 5.20. The molecule has 0 unspecified atom stereocenters. The Bertz CT molecular complexity index is 1240. The van der Waals surface area contributed by atoms with E-state index in [4.69, 9.17) is 4.74 Å². The van der Waals surface area contributed by atoms with Gasteiger partial charge in [0.25, 0.3) is 5.91 Å². The van der Waals surface area contributed by atoms with E-state index in [-0.39, 0.29) is 23.0 Å². The molecule has 0 spiro atoms. The fraction of sp³-hybridized carbons (Fsp3) is 0.364. The van der Waals surface area contributed by atoms with Crippen LogP contribution in [0.5, 0.6) is 0 Å². The molecule has 0 saturated carbocycles. The number of carbonyl (C=O) groups is 1. The lowest BCUT2D eigenvalue weighted by molar-refractivity contribution is -0.117. The number of sulfone groups is 1. The van der Waals surface area contributed by atoms with Crippen molar-refractivity contribution in [2.45, 2.75) is 43.9 Å². The average molecular weight is 465 g/mol. The van der Waals surface area contributed by atoms with Crippen molar-refractivity contribution in [1.82, 2.24) is 4.57 Å². The average Bonchev–Trinajstić information content (AvgIpc) is 3.04. The maximum absolute atomic E-state index is 13.6. The molecular weight excluding hydrogens is 439 g/mol. The summed E-state index contributed by atoms with van der Waals surface area (Å²) in [5.41, 5.74) is 1.46. The van der Waals surface area contributed by atoms with E-state index < -0.39 is 15.1 Å². The molecule has 166 valence electrons. The number of hydrogen-bond acceptors (Lipinski definition) is 5. The highest BCUT2D eigenvalue weighted by atomic mass is 32.2. The summed E-state index contributed by atoms with van der Waals surface area (Å²) in [6.45, 7) is 6.68. The highest BCUT2D eigenvalue weighted by molar-refractivity contribution is 7.92. The lowest BCUT2D eigenvalue weighted by Crippen LogP contribution is -2.20. The van der Waals surface area contributed by atoms with E-state index in [9.17, 15) is 17.6 Å². The van der Waals surface area contributed by atoms with Gasteiger partial charge in [0.05, 0.1) is 33.4 Å². The van der Waals surface area contributed by atoms with Crippen LogP contribution in [0.3, 0.4) is 0 Å². The lowest BCUT2D eigenvalue weighted by Gasteiger charge is -2.08. The number of carbonyl (C=O) groups excluding carboxylic acids is 1. The summed E-state index contributed by atoms with van der Waals surface area (Å²) in [6, 6.07) is 10.8. The van der Waals surface area contributed by atoms with Crippen LogP contribution in [0.1, 0.15) is 26.3 Å². The largest absolute Gasteiger partial charge is 0.380 e. The first kappa shape index (κ1) is 23.3. The molecule has 3 aromatic rings. The minimum Gasteiger partial charge on any atom is -0.380 e. The molecule has 9 heteroatoms. The molecule has 0 saturated heterocycles. The fourth-order valence-electron chi connectivity index (χ4n) is 3.04. The number of amides is 1. The number of nitrogens with zero attached hydrogens (tertiary/aromatic N) is 2. The molecule has 0 N–H and O–H groups in total. The van der Waals surface area contributed by atoms with Gasteiger partial charge in [0.1, 0.15) is 5.82 Å². The van der Waals surface area contributed by atoms with Crippen LogP contribution in [-0.2, 0) is 32.3 Å². The molecule has 0 atom stereocenters. The second kappa shape index (κ2) is 9.84. The molecule has 0 fully saturated rings.